The Morgan fingerprint density at radius 2 is 2.19 bits per heavy atom. The minimum absolute atomic E-state index is 0.303. The first-order chi connectivity index (χ1) is 10.2. The summed E-state index contributed by atoms with van der Waals surface area (Å²) in [4.78, 5) is 20.3. The van der Waals surface area contributed by atoms with Crippen molar-refractivity contribution < 1.29 is 4.79 Å². The van der Waals surface area contributed by atoms with Gasteiger partial charge in [-0.25, -0.2) is 14.8 Å². The summed E-state index contributed by atoms with van der Waals surface area (Å²) in [5.74, 6) is 0.515. The van der Waals surface area contributed by atoms with E-state index in [1.165, 1.54) is 0 Å². The van der Waals surface area contributed by atoms with Crippen molar-refractivity contribution >= 4 is 17.5 Å². The molecule has 3 rings (SSSR count). The van der Waals surface area contributed by atoms with Crippen LogP contribution in [0.2, 0.25) is 0 Å². The summed E-state index contributed by atoms with van der Waals surface area (Å²) in [6.07, 6.45) is 5.47. The molecule has 21 heavy (non-hydrogen) atoms. The van der Waals surface area contributed by atoms with E-state index in [2.05, 4.69) is 20.6 Å². The zero-order chi connectivity index (χ0) is 14.7. The van der Waals surface area contributed by atoms with E-state index in [-0.39, 0.29) is 6.03 Å². The van der Waals surface area contributed by atoms with Crippen LogP contribution in [0.5, 0.6) is 0 Å². The zero-order valence-corrected chi connectivity index (χ0v) is 11.6. The van der Waals surface area contributed by atoms with E-state index in [0.717, 1.165) is 16.9 Å². The second-order valence-electron chi connectivity index (χ2n) is 4.68. The molecule has 0 aliphatic heterocycles. The van der Waals surface area contributed by atoms with Crippen LogP contribution in [0.25, 0.3) is 5.65 Å². The molecule has 0 aliphatic carbocycles. The highest BCUT2D eigenvalue weighted by Gasteiger charge is 2.06. The molecule has 6 nitrogen and oxygen atoms in total. The van der Waals surface area contributed by atoms with Gasteiger partial charge in [-0.1, -0.05) is 12.1 Å². The van der Waals surface area contributed by atoms with Gasteiger partial charge in [0.25, 0.3) is 0 Å². The lowest BCUT2D eigenvalue weighted by molar-refractivity contribution is 0.251. The lowest BCUT2D eigenvalue weighted by atomic mass is 10.3. The summed E-state index contributed by atoms with van der Waals surface area (Å²) in [5.41, 5.74) is 2.81. The average Bonchev–Trinajstić information content (AvgIpc) is 2.91. The fourth-order valence-corrected chi connectivity index (χ4v) is 2.06. The number of hydrogen-bond donors (Lipinski definition) is 2. The van der Waals surface area contributed by atoms with Crippen LogP contribution >= 0.6 is 0 Å². The van der Waals surface area contributed by atoms with Crippen molar-refractivity contribution in [2.24, 2.45) is 0 Å². The van der Waals surface area contributed by atoms with Gasteiger partial charge in [0.15, 0.2) is 0 Å². The molecule has 0 aliphatic rings. The molecular weight excluding hydrogens is 266 g/mol. The lowest BCUT2D eigenvalue weighted by Gasteiger charge is -2.04. The summed E-state index contributed by atoms with van der Waals surface area (Å²) >= 11 is 0. The number of urea groups is 1. The molecule has 6 heteroatoms. The van der Waals surface area contributed by atoms with E-state index in [9.17, 15) is 4.79 Å². The fourth-order valence-electron chi connectivity index (χ4n) is 2.06. The van der Waals surface area contributed by atoms with Crippen LogP contribution in [0.4, 0.5) is 10.6 Å². The molecule has 3 aromatic heterocycles. The van der Waals surface area contributed by atoms with Crippen molar-refractivity contribution in [3.05, 3.63) is 60.2 Å². The van der Waals surface area contributed by atoms with Crippen molar-refractivity contribution in [2.75, 3.05) is 5.32 Å². The number of aromatic nitrogens is 3. The number of hydrogen-bond acceptors (Lipinski definition) is 3. The Labute approximate surface area is 121 Å². The number of carbonyl (C=O) groups excluding carboxylic acids is 1. The van der Waals surface area contributed by atoms with Gasteiger partial charge in [-0.05, 0) is 30.7 Å². The first-order valence-electron chi connectivity index (χ1n) is 6.61. The fraction of sp³-hybridized carbons (Fsp3) is 0.133. The minimum atomic E-state index is -0.303. The number of aryl methyl sites for hydroxylation is 1. The molecule has 0 atom stereocenters. The van der Waals surface area contributed by atoms with E-state index in [4.69, 9.17) is 0 Å². The summed E-state index contributed by atoms with van der Waals surface area (Å²) in [5, 5.41) is 5.42. The lowest BCUT2D eigenvalue weighted by Crippen LogP contribution is -2.28. The van der Waals surface area contributed by atoms with Crippen molar-refractivity contribution in [2.45, 2.75) is 13.5 Å². The molecule has 0 unspecified atom stereocenters. The highest BCUT2D eigenvalue weighted by Crippen LogP contribution is 2.09. The number of nitrogens with one attached hydrogen (secondary N) is 2. The van der Waals surface area contributed by atoms with E-state index in [1.807, 2.05) is 41.9 Å². The van der Waals surface area contributed by atoms with Crippen LogP contribution in [0.3, 0.4) is 0 Å². The maximum Gasteiger partial charge on any atom is 0.320 e. The maximum absolute atomic E-state index is 11.8. The second kappa shape index (κ2) is 5.62. The number of pyridine rings is 2. The van der Waals surface area contributed by atoms with Crippen LogP contribution in [-0.2, 0) is 6.54 Å². The molecule has 0 bridgehead atoms. The van der Waals surface area contributed by atoms with Gasteiger partial charge in [-0.2, -0.15) is 0 Å². The topological polar surface area (TPSA) is 71.3 Å². The van der Waals surface area contributed by atoms with E-state index < -0.39 is 0 Å². The molecule has 0 saturated heterocycles. The molecule has 3 aromatic rings. The van der Waals surface area contributed by atoms with Gasteiger partial charge in [0.05, 0.1) is 12.2 Å². The molecule has 0 spiro atoms. The molecule has 106 valence electrons. The maximum atomic E-state index is 11.8. The van der Waals surface area contributed by atoms with Gasteiger partial charge >= 0.3 is 6.03 Å². The number of rotatable bonds is 3. The average molecular weight is 281 g/mol. The molecule has 3 heterocycles. The third-order valence-corrected chi connectivity index (χ3v) is 3.06. The van der Waals surface area contributed by atoms with Crippen LogP contribution in [0, 0.1) is 6.92 Å². The molecule has 0 fully saturated rings. The minimum Gasteiger partial charge on any atom is -0.332 e. The zero-order valence-electron chi connectivity index (χ0n) is 11.6. The van der Waals surface area contributed by atoms with E-state index in [1.54, 1.807) is 18.3 Å². The SMILES string of the molecule is Cc1cccn2cc(CNC(=O)Nc3ccccn3)nc12. The highest BCUT2D eigenvalue weighted by atomic mass is 16.2. The van der Waals surface area contributed by atoms with Crippen molar-refractivity contribution in [3.63, 3.8) is 0 Å². The van der Waals surface area contributed by atoms with Crippen LogP contribution in [0.1, 0.15) is 11.3 Å². The molecule has 0 saturated carbocycles. The smallest absolute Gasteiger partial charge is 0.320 e. The van der Waals surface area contributed by atoms with Gasteiger partial charge in [0.2, 0.25) is 0 Å². The third kappa shape index (κ3) is 3.00. The van der Waals surface area contributed by atoms with Crippen LogP contribution in [0.15, 0.2) is 48.9 Å². The van der Waals surface area contributed by atoms with Gasteiger partial charge in [-0.15, -0.1) is 0 Å². The summed E-state index contributed by atoms with van der Waals surface area (Å²) in [6, 6.07) is 9.01. The van der Waals surface area contributed by atoms with Gasteiger partial charge in [0.1, 0.15) is 11.5 Å². The van der Waals surface area contributed by atoms with Crippen molar-refractivity contribution in [1.82, 2.24) is 19.7 Å². The predicted molar refractivity (Wildman–Crippen MR) is 80.0 cm³/mol. The van der Waals surface area contributed by atoms with Crippen LogP contribution in [-0.4, -0.2) is 20.4 Å². The number of carbonyl (C=O) groups is 1. The first-order valence-corrected chi connectivity index (χ1v) is 6.61. The summed E-state index contributed by atoms with van der Waals surface area (Å²) in [6.45, 7) is 2.37. The van der Waals surface area contributed by atoms with Gasteiger partial charge in [-0.3, -0.25) is 5.32 Å². The summed E-state index contributed by atoms with van der Waals surface area (Å²) in [7, 11) is 0. The van der Waals surface area contributed by atoms with Crippen molar-refractivity contribution in [1.29, 1.82) is 0 Å². The number of amides is 2. The monoisotopic (exact) mass is 281 g/mol. The standard InChI is InChI=1S/C15H15N5O/c1-11-5-4-8-20-10-12(18-14(11)20)9-17-15(21)19-13-6-2-3-7-16-13/h2-8,10H,9H2,1H3,(H2,16,17,19,21). The normalized spacial score (nSPS) is 10.5. The van der Waals surface area contributed by atoms with E-state index in [0.29, 0.717) is 12.4 Å². The van der Waals surface area contributed by atoms with E-state index >= 15 is 0 Å². The number of imidazole rings is 1. The number of fused-ring (bicyclic) bond motifs is 1. The highest BCUT2D eigenvalue weighted by molar-refractivity contribution is 5.88. The van der Waals surface area contributed by atoms with Crippen molar-refractivity contribution in [3.8, 4) is 0 Å². The Morgan fingerprint density at radius 1 is 1.29 bits per heavy atom. The predicted octanol–water partition coefficient (Wildman–Crippen LogP) is 2.36. The first kappa shape index (κ1) is 13.1. The molecule has 0 aromatic carbocycles. The number of anilines is 1. The van der Waals surface area contributed by atoms with Gasteiger partial charge in [0, 0.05) is 18.6 Å². The van der Waals surface area contributed by atoms with Gasteiger partial charge < -0.3 is 9.72 Å². The number of nitrogens with zero attached hydrogens (tertiary/aromatic N) is 3. The van der Waals surface area contributed by atoms with Crippen LogP contribution < -0.4 is 10.6 Å². The Morgan fingerprint density at radius 3 is 2.95 bits per heavy atom. The summed E-state index contributed by atoms with van der Waals surface area (Å²) < 4.78 is 1.95. The Balaban J connectivity index is 1.64. The third-order valence-electron chi connectivity index (χ3n) is 3.06. The molecule has 2 N–H and O–H groups in total. The molecule has 2 amide bonds. The second-order valence-corrected chi connectivity index (χ2v) is 4.68. The Hall–Kier alpha value is -2.89. The molecular formula is C15H15N5O. The largest absolute Gasteiger partial charge is 0.332 e. The molecule has 0 radical (unpaired) electrons. The Kier molecular flexibility index (Phi) is 3.51. The Bertz CT molecular complexity index is 766. The quantitative estimate of drug-likeness (QED) is 0.774.